The summed E-state index contributed by atoms with van der Waals surface area (Å²) in [4.78, 5) is 23.0. The van der Waals surface area contributed by atoms with Gasteiger partial charge < -0.3 is 9.47 Å². The summed E-state index contributed by atoms with van der Waals surface area (Å²) in [5, 5.41) is 0.965. The van der Waals surface area contributed by atoms with Gasteiger partial charge in [-0.2, -0.15) is 0 Å². The first-order valence-electron chi connectivity index (χ1n) is 12.6. The SMILES string of the molecule is COc1cccc(C=Cc2nc3ccccn3c(=O)c2-c2ccc3ncccc3c2)c1OC1CCCC1. The van der Waals surface area contributed by atoms with Crippen LogP contribution in [-0.2, 0) is 0 Å². The third-order valence-electron chi connectivity index (χ3n) is 6.89. The third-order valence-corrected chi connectivity index (χ3v) is 6.89. The number of rotatable bonds is 6. The maximum Gasteiger partial charge on any atom is 0.266 e. The van der Waals surface area contributed by atoms with Gasteiger partial charge >= 0.3 is 0 Å². The lowest BCUT2D eigenvalue weighted by molar-refractivity contribution is 0.200. The zero-order chi connectivity index (χ0) is 25.2. The van der Waals surface area contributed by atoms with Crippen molar-refractivity contribution in [2.45, 2.75) is 31.8 Å². The molecule has 0 aliphatic heterocycles. The Morgan fingerprint density at radius 3 is 2.73 bits per heavy atom. The molecule has 1 aliphatic carbocycles. The maximum atomic E-state index is 13.7. The molecule has 6 nitrogen and oxygen atoms in total. The van der Waals surface area contributed by atoms with Gasteiger partial charge in [-0.3, -0.25) is 14.2 Å². The number of hydrogen-bond donors (Lipinski definition) is 0. The van der Waals surface area contributed by atoms with Crippen molar-refractivity contribution in [3.05, 3.63) is 101 Å². The summed E-state index contributed by atoms with van der Waals surface area (Å²) in [5.41, 5.74) is 4.15. The predicted molar refractivity (Wildman–Crippen MR) is 147 cm³/mol. The van der Waals surface area contributed by atoms with Crippen LogP contribution in [0.3, 0.4) is 0 Å². The second-order valence-electron chi connectivity index (χ2n) is 9.25. The summed E-state index contributed by atoms with van der Waals surface area (Å²) in [6.45, 7) is 0. The van der Waals surface area contributed by atoms with Gasteiger partial charge in [0.05, 0.1) is 30.0 Å². The topological polar surface area (TPSA) is 65.7 Å². The van der Waals surface area contributed by atoms with Crippen LogP contribution in [0.15, 0.2) is 83.9 Å². The van der Waals surface area contributed by atoms with E-state index in [9.17, 15) is 4.79 Å². The molecule has 3 aromatic heterocycles. The molecular formula is C31H27N3O3. The molecular weight excluding hydrogens is 462 g/mol. The monoisotopic (exact) mass is 489 g/mol. The van der Waals surface area contributed by atoms with Gasteiger partial charge in [0.15, 0.2) is 11.5 Å². The first-order chi connectivity index (χ1) is 18.2. The van der Waals surface area contributed by atoms with Gasteiger partial charge in [-0.1, -0.05) is 30.3 Å². The van der Waals surface area contributed by atoms with Crippen LogP contribution in [-0.4, -0.2) is 27.6 Å². The smallest absolute Gasteiger partial charge is 0.266 e. The summed E-state index contributed by atoms with van der Waals surface area (Å²) >= 11 is 0. The molecule has 1 saturated carbocycles. The summed E-state index contributed by atoms with van der Waals surface area (Å²) in [6, 6.07) is 21.2. The Morgan fingerprint density at radius 2 is 1.86 bits per heavy atom. The lowest BCUT2D eigenvalue weighted by Gasteiger charge is -2.18. The van der Waals surface area contributed by atoms with Crippen molar-refractivity contribution < 1.29 is 9.47 Å². The number of pyridine rings is 2. The number of hydrogen-bond acceptors (Lipinski definition) is 5. The quantitative estimate of drug-likeness (QED) is 0.276. The Balaban J connectivity index is 1.50. The van der Waals surface area contributed by atoms with Gasteiger partial charge in [-0.05, 0) is 79.8 Å². The Morgan fingerprint density at radius 1 is 0.973 bits per heavy atom. The normalized spacial score (nSPS) is 14.1. The second kappa shape index (κ2) is 9.90. The van der Waals surface area contributed by atoms with E-state index in [2.05, 4.69) is 4.98 Å². The Labute approximate surface area is 214 Å². The Kier molecular flexibility index (Phi) is 6.15. The van der Waals surface area contributed by atoms with Crippen molar-refractivity contribution in [3.63, 3.8) is 0 Å². The van der Waals surface area contributed by atoms with E-state index in [-0.39, 0.29) is 11.7 Å². The Hall–Kier alpha value is -4.45. The van der Waals surface area contributed by atoms with Crippen LogP contribution in [0.2, 0.25) is 0 Å². The van der Waals surface area contributed by atoms with Crippen LogP contribution in [0, 0.1) is 0 Å². The van der Waals surface area contributed by atoms with Gasteiger partial charge in [0, 0.05) is 23.3 Å². The molecule has 0 N–H and O–H groups in total. The van der Waals surface area contributed by atoms with Gasteiger partial charge in [0.1, 0.15) is 5.65 Å². The molecule has 1 fully saturated rings. The summed E-state index contributed by atoms with van der Waals surface area (Å²) in [5.74, 6) is 1.42. The fraction of sp³-hybridized carbons (Fsp3) is 0.194. The van der Waals surface area contributed by atoms with Crippen LogP contribution in [0.25, 0.3) is 39.8 Å². The van der Waals surface area contributed by atoms with E-state index in [1.807, 2.05) is 78.9 Å². The number of para-hydroxylation sites is 1. The van der Waals surface area contributed by atoms with Gasteiger partial charge in [-0.15, -0.1) is 0 Å². The molecule has 0 saturated heterocycles. The van der Waals surface area contributed by atoms with Crippen molar-refractivity contribution in [2.75, 3.05) is 7.11 Å². The molecule has 3 heterocycles. The standard InChI is InChI=1S/C31H27N3O3/c1-36-27-12-6-8-21(30(27)37-24-10-2-3-11-24)14-17-26-29(31(35)34-19-5-4-13-28(34)33-26)23-15-16-25-22(20-23)9-7-18-32-25/h4-9,12-20,24H,2-3,10-11H2,1H3. The minimum absolute atomic E-state index is 0.124. The molecule has 0 bridgehead atoms. The second-order valence-corrected chi connectivity index (χ2v) is 9.25. The molecule has 6 rings (SSSR count). The number of methoxy groups -OCH3 is 1. The van der Waals surface area contributed by atoms with E-state index in [4.69, 9.17) is 14.5 Å². The first kappa shape index (κ1) is 23.0. The van der Waals surface area contributed by atoms with Crippen molar-refractivity contribution in [1.82, 2.24) is 14.4 Å². The van der Waals surface area contributed by atoms with E-state index in [0.717, 1.165) is 40.6 Å². The zero-order valence-electron chi connectivity index (χ0n) is 20.6. The van der Waals surface area contributed by atoms with Crippen molar-refractivity contribution in [3.8, 4) is 22.6 Å². The predicted octanol–water partition coefficient (Wildman–Crippen LogP) is 6.41. The molecule has 0 amide bonds. The lowest BCUT2D eigenvalue weighted by Crippen LogP contribution is -2.18. The largest absolute Gasteiger partial charge is 0.493 e. The van der Waals surface area contributed by atoms with E-state index in [0.29, 0.717) is 22.7 Å². The van der Waals surface area contributed by atoms with E-state index in [1.54, 1.807) is 23.9 Å². The molecule has 0 atom stereocenters. The molecule has 2 aromatic carbocycles. The van der Waals surface area contributed by atoms with Gasteiger partial charge in [0.2, 0.25) is 0 Å². The molecule has 0 unspecified atom stereocenters. The highest BCUT2D eigenvalue weighted by Crippen LogP contribution is 2.36. The van der Waals surface area contributed by atoms with Crippen LogP contribution < -0.4 is 15.0 Å². The fourth-order valence-electron chi connectivity index (χ4n) is 5.02. The van der Waals surface area contributed by atoms with Crippen molar-refractivity contribution in [2.24, 2.45) is 0 Å². The van der Waals surface area contributed by atoms with Crippen LogP contribution >= 0.6 is 0 Å². The highest BCUT2D eigenvalue weighted by molar-refractivity contribution is 5.87. The molecule has 0 radical (unpaired) electrons. The number of benzene rings is 2. The highest BCUT2D eigenvalue weighted by Gasteiger charge is 2.20. The first-order valence-corrected chi connectivity index (χ1v) is 12.6. The van der Waals surface area contributed by atoms with Crippen LogP contribution in [0.1, 0.15) is 36.9 Å². The molecule has 0 spiro atoms. The van der Waals surface area contributed by atoms with E-state index in [1.165, 1.54) is 12.8 Å². The lowest BCUT2D eigenvalue weighted by atomic mass is 10.0. The summed E-state index contributed by atoms with van der Waals surface area (Å²) < 4.78 is 13.6. The highest BCUT2D eigenvalue weighted by atomic mass is 16.5. The maximum absolute atomic E-state index is 13.7. The molecule has 6 heteroatoms. The van der Waals surface area contributed by atoms with E-state index < -0.39 is 0 Å². The molecule has 37 heavy (non-hydrogen) atoms. The van der Waals surface area contributed by atoms with Crippen LogP contribution in [0.5, 0.6) is 11.5 Å². The number of nitrogens with zero attached hydrogens (tertiary/aromatic N) is 3. The van der Waals surface area contributed by atoms with Gasteiger partial charge in [-0.25, -0.2) is 4.98 Å². The van der Waals surface area contributed by atoms with Crippen LogP contribution in [0.4, 0.5) is 0 Å². The van der Waals surface area contributed by atoms with Crippen molar-refractivity contribution >= 4 is 28.7 Å². The van der Waals surface area contributed by atoms with Gasteiger partial charge in [0.25, 0.3) is 5.56 Å². The number of fused-ring (bicyclic) bond motifs is 2. The zero-order valence-corrected chi connectivity index (χ0v) is 20.6. The fourth-order valence-corrected chi connectivity index (χ4v) is 5.02. The average Bonchev–Trinajstić information content (AvgIpc) is 3.45. The number of ether oxygens (including phenoxy) is 2. The van der Waals surface area contributed by atoms with E-state index >= 15 is 0 Å². The van der Waals surface area contributed by atoms with Crippen molar-refractivity contribution in [1.29, 1.82) is 0 Å². The average molecular weight is 490 g/mol. The molecule has 1 aliphatic rings. The molecule has 184 valence electrons. The third kappa shape index (κ3) is 4.47. The molecule has 5 aromatic rings. The summed E-state index contributed by atoms with van der Waals surface area (Å²) in [6.07, 6.45) is 12.0. The minimum atomic E-state index is -0.124. The number of aromatic nitrogens is 3. The Bertz CT molecular complexity index is 1680. The summed E-state index contributed by atoms with van der Waals surface area (Å²) in [7, 11) is 1.66. The minimum Gasteiger partial charge on any atom is -0.493 e.